The van der Waals surface area contributed by atoms with Crippen molar-refractivity contribution in [3.63, 3.8) is 0 Å². The fourth-order valence-corrected chi connectivity index (χ4v) is 5.21. The summed E-state index contributed by atoms with van der Waals surface area (Å²) in [6.45, 7) is 0.118. The first-order valence-corrected chi connectivity index (χ1v) is 9.60. The molecule has 2 saturated heterocycles. The lowest BCUT2D eigenvalue weighted by Crippen LogP contribution is -2.44. The predicted molar refractivity (Wildman–Crippen MR) is 102 cm³/mol. The van der Waals surface area contributed by atoms with Crippen LogP contribution in [-0.2, 0) is 6.42 Å². The molecule has 0 saturated carbocycles. The molecule has 1 amide bonds. The Balaban J connectivity index is 1.46. The molecule has 5 rings (SSSR count). The van der Waals surface area contributed by atoms with Crippen LogP contribution in [0.15, 0.2) is 61.1 Å². The van der Waals surface area contributed by atoms with Crippen molar-refractivity contribution in [2.24, 2.45) is 5.41 Å². The van der Waals surface area contributed by atoms with Crippen LogP contribution in [0.3, 0.4) is 0 Å². The van der Waals surface area contributed by atoms with Crippen molar-refractivity contribution >= 4 is 11.6 Å². The summed E-state index contributed by atoms with van der Waals surface area (Å²) in [5.74, 6) is 0.0708. The smallest absolute Gasteiger partial charge is 0.255 e. The molecule has 3 aromatic rings. The third kappa shape index (κ3) is 2.57. The van der Waals surface area contributed by atoms with Crippen LogP contribution in [0, 0.1) is 5.41 Å². The minimum absolute atomic E-state index is 0.0708. The first kappa shape index (κ1) is 16.5. The average Bonchev–Trinajstić information content (AvgIpc) is 3.41. The van der Waals surface area contributed by atoms with Crippen LogP contribution in [0.25, 0.3) is 5.65 Å². The quantitative estimate of drug-likeness (QED) is 0.777. The number of carbonyl (C=O) groups is 1. The van der Waals surface area contributed by atoms with Crippen molar-refractivity contribution in [3.05, 3.63) is 72.2 Å². The summed E-state index contributed by atoms with van der Waals surface area (Å²) < 4.78 is 1.88. The van der Waals surface area contributed by atoms with E-state index in [4.69, 9.17) is 0 Å². The van der Waals surface area contributed by atoms with Crippen LogP contribution in [0.1, 0.15) is 35.2 Å². The molecular weight excluding hydrogens is 338 g/mol. The molecule has 2 aromatic heterocycles. The summed E-state index contributed by atoms with van der Waals surface area (Å²) in [6.07, 6.45) is 9.15. The Hall–Kier alpha value is -2.66. The standard InChI is InChI=1S/C22H23N3O2/c26-15-22(12-16-4-2-1-3-5-16)13-18-7-8-19(22)25(18)21(27)17-6-9-20-23-10-11-24(20)14-17/h1-6,9-11,14,18-19,26H,7-8,12-13,15H2/t18-,19+,22-/m1/s1. The van der Waals surface area contributed by atoms with Crippen molar-refractivity contribution in [1.29, 1.82) is 0 Å². The van der Waals surface area contributed by atoms with Gasteiger partial charge in [0.2, 0.25) is 0 Å². The van der Waals surface area contributed by atoms with Crippen molar-refractivity contribution < 1.29 is 9.90 Å². The number of nitrogens with zero attached hydrogens (tertiary/aromatic N) is 3. The Morgan fingerprint density at radius 1 is 1.19 bits per heavy atom. The van der Waals surface area contributed by atoms with E-state index in [-0.39, 0.29) is 30.0 Å². The topological polar surface area (TPSA) is 57.8 Å². The van der Waals surface area contributed by atoms with Gasteiger partial charge in [-0.25, -0.2) is 4.98 Å². The van der Waals surface area contributed by atoms with E-state index >= 15 is 0 Å². The largest absolute Gasteiger partial charge is 0.396 e. The van der Waals surface area contributed by atoms with E-state index in [1.165, 1.54) is 5.56 Å². The van der Waals surface area contributed by atoms with Gasteiger partial charge < -0.3 is 14.4 Å². The van der Waals surface area contributed by atoms with Gasteiger partial charge in [-0.2, -0.15) is 0 Å². The summed E-state index contributed by atoms with van der Waals surface area (Å²) in [5, 5.41) is 10.3. The van der Waals surface area contributed by atoms with Crippen molar-refractivity contribution in [1.82, 2.24) is 14.3 Å². The highest BCUT2D eigenvalue weighted by molar-refractivity contribution is 5.95. The molecule has 2 fully saturated rings. The lowest BCUT2D eigenvalue weighted by Gasteiger charge is -2.36. The highest BCUT2D eigenvalue weighted by Gasteiger charge is 2.57. The maximum atomic E-state index is 13.3. The third-order valence-corrected chi connectivity index (χ3v) is 6.44. The number of imidazole rings is 1. The molecule has 0 unspecified atom stereocenters. The summed E-state index contributed by atoms with van der Waals surface area (Å²) in [5.41, 5.74) is 2.51. The molecule has 4 heterocycles. The zero-order chi connectivity index (χ0) is 18.4. The van der Waals surface area contributed by atoms with E-state index < -0.39 is 0 Å². The van der Waals surface area contributed by atoms with E-state index in [0.29, 0.717) is 5.56 Å². The van der Waals surface area contributed by atoms with Crippen molar-refractivity contribution in [3.8, 4) is 0 Å². The number of pyridine rings is 1. The third-order valence-electron chi connectivity index (χ3n) is 6.44. The normalized spacial score (nSPS) is 26.8. The number of fused-ring (bicyclic) bond motifs is 3. The number of benzene rings is 1. The highest BCUT2D eigenvalue weighted by Crippen LogP contribution is 2.51. The van der Waals surface area contributed by atoms with Gasteiger partial charge in [0.05, 0.1) is 12.2 Å². The van der Waals surface area contributed by atoms with Crippen LogP contribution in [-0.4, -0.2) is 44.0 Å². The SMILES string of the molecule is O=C(c1ccc2nccn2c1)N1[C@@H]2CC[C@H]1[C@](CO)(Cc1ccccc1)C2. The molecule has 5 heteroatoms. The lowest BCUT2D eigenvalue weighted by atomic mass is 9.70. The lowest BCUT2D eigenvalue weighted by molar-refractivity contribution is 0.0571. The number of carbonyl (C=O) groups excluding carboxylic acids is 1. The maximum Gasteiger partial charge on any atom is 0.255 e. The van der Waals surface area contributed by atoms with Gasteiger partial charge in [0.15, 0.2) is 0 Å². The Labute approximate surface area is 158 Å². The number of aromatic nitrogens is 2. The highest BCUT2D eigenvalue weighted by atomic mass is 16.3. The number of hydrogen-bond donors (Lipinski definition) is 1. The second-order valence-electron chi connectivity index (χ2n) is 7.96. The molecule has 1 N–H and O–H groups in total. The summed E-state index contributed by atoms with van der Waals surface area (Å²) >= 11 is 0. The molecule has 2 aliphatic rings. The van der Waals surface area contributed by atoms with Crippen molar-refractivity contribution in [2.75, 3.05) is 6.61 Å². The van der Waals surface area contributed by atoms with E-state index in [9.17, 15) is 9.90 Å². The molecular formula is C22H23N3O2. The van der Waals surface area contributed by atoms with Gasteiger partial charge in [0, 0.05) is 36.1 Å². The predicted octanol–water partition coefficient (Wildman–Crippen LogP) is 2.93. The molecule has 0 spiro atoms. The van der Waals surface area contributed by atoms with Gasteiger partial charge in [-0.05, 0) is 43.4 Å². The number of aliphatic hydroxyl groups is 1. The van der Waals surface area contributed by atoms with E-state index in [1.54, 1.807) is 6.20 Å². The van der Waals surface area contributed by atoms with Crippen LogP contribution in [0.4, 0.5) is 0 Å². The van der Waals surface area contributed by atoms with Crippen LogP contribution in [0.5, 0.6) is 0 Å². The van der Waals surface area contributed by atoms with Crippen molar-refractivity contribution in [2.45, 2.75) is 37.8 Å². The van der Waals surface area contributed by atoms with Gasteiger partial charge >= 0.3 is 0 Å². The van der Waals surface area contributed by atoms with Crippen LogP contribution < -0.4 is 0 Å². The molecule has 27 heavy (non-hydrogen) atoms. The summed E-state index contributed by atoms with van der Waals surface area (Å²) in [4.78, 5) is 19.6. The molecule has 3 atom stereocenters. The average molecular weight is 361 g/mol. The minimum atomic E-state index is -0.237. The number of hydrogen-bond acceptors (Lipinski definition) is 3. The minimum Gasteiger partial charge on any atom is -0.396 e. The second kappa shape index (κ2) is 6.20. The number of amides is 1. The van der Waals surface area contributed by atoms with Gasteiger partial charge in [0.25, 0.3) is 5.91 Å². The summed E-state index contributed by atoms with van der Waals surface area (Å²) in [6, 6.07) is 14.4. The zero-order valence-electron chi connectivity index (χ0n) is 15.2. The Morgan fingerprint density at radius 2 is 2.04 bits per heavy atom. The van der Waals surface area contributed by atoms with Gasteiger partial charge in [0.1, 0.15) is 5.65 Å². The Kier molecular flexibility index (Phi) is 3.79. The monoisotopic (exact) mass is 361 g/mol. The molecule has 0 aliphatic carbocycles. The zero-order valence-corrected chi connectivity index (χ0v) is 15.2. The van der Waals surface area contributed by atoms with E-state index in [2.05, 4.69) is 22.0 Å². The fraction of sp³-hybridized carbons (Fsp3) is 0.364. The van der Waals surface area contributed by atoms with Crippen LogP contribution in [0.2, 0.25) is 0 Å². The van der Waals surface area contributed by atoms with Gasteiger partial charge in [-0.1, -0.05) is 30.3 Å². The molecule has 2 bridgehead atoms. The van der Waals surface area contributed by atoms with Gasteiger partial charge in [-0.3, -0.25) is 4.79 Å². The van der Waals surface area contributed by atoms with Crippen LogP contribution >= 0.6 is 0 Å². The second-order valence-corrected chi connectivity index (χ2v) is 7.96. The van der Waals surface area contributed by atoms with E-state index in [0.717, 1.165) is 31.3 Å². The fourth-order valence-electron chi connectivity index (χ4n) is 5.21. The Bertz CT molecular complexity index is 983. The first-order chi connectivity index (χ1) is 13.2. The molecule has 5 nitrogen and oxygen atoms in total. The number of aliphatic hydroxyl groups excluding tert-OH is 1. The molecule has 1 aromatic carbocycles. The molecule has 138 valence electrons. The molecule has 2 aliphatic heterocycles. The van der Waals surface area contributed by atoms with E-state index in [1.807, 2.05) is 47.1 Å². The Morgan fingerprint density at radius 3 is 2.85 bits per heavy atom. The number of rotatable bonds is 4. The molecule has 0 radical (unpaired) electrons. The first-order valence-electron chi connectivity index (χ1n) is 9.60. The van der Waals surface area contributed by atoms with Gasteiger partial charge in [-0.15, -0.1) is 0 Å². The summed E-state index contributed by atoms with van der Waals surface area (Å²) in [7, 11) is 0. The maximum absolute atomic E-state index is 13.3.